The number of benzene rings is 1. The van der Waals surface area contributed by atoms with E-state index in [1.165, 1.54) is 4.90 Å². The summed E-state index contributed by atoms with van der Waals surface area (Å²) in [6.07, 6.45) is 1.74. The van der Waals surface area contributed by atoms with Crippen molar-refractivity contribution in [3.8, 4) is 0 Å². The van der Waals surface area contributed by atoms with Crippen LogP contribution in [0.4, 0.5) is 5.69 Å². The zero-order valence-electron chi connectivity index (χ0n) is 10.7. The van der Waals surface area contributed by atoms with E-state index in [9.17, 15) is 9.59 Å². The Morgan fingerprint density at radius 2 is 1.53 bits per heavy atom. The third-order valence-corrected chi connectivity index (χ3v) is 4.58. The van der Waals surface area contributed by atoms with Gasteiger partial charge in [-0.2, -0.15) is 0 Å². The molecule has 4 rings (SSSR count). The molecule has 4 atom stereocenters. The van der Waals surface area contributed by atoms with Crippen LogP contribution in [0, 0.1) is 18.8 Å². The molecule has 1 aromatic carbocycles. The molecule has 2 amide bonds. The predicted octanol–water partition coefficient (Wildman–Crippen LogP) is 1.66. The van der Waals surface area contributed by atoms with Gasteiger partial charge in [-0.15, -0.1) is 0 Å². The van der Waals surface area contributed by atoms with Crippen molar-refractivity contribution in [2.45, 2.75) is 32.0 Å². The van der Waals surface area contributed by atoms with Crippen molar-refractivity contribution in [2.24, 2.45) is 11.8 Å². The third-order valence-electron chi connectivity index (χ3n) is 4.58. The number of carbonyl (C=O) groups excluding carboxylic acids is 2. The SMILES string of the molecule is Cc1ccc(N2C(=O)[C@H]3[C@H](C2=O)[C@H]2CC[C@H]3O2)cc1. The monoisotopic (exact) mass is 257 g/mol. The minimum absolute atomic E-state index is 0.0399. The molecule has 19 heavy (non-hydrogen) atoms. The molecular formula is C15H15NO3. The Bertz CT molecular complexity index is 537. The number of carbonyl (C=O) groups is 2. The first kappa shape index (κ1) is 11.2. The Hall–Kier alpha value is -1.68. The van der Waals surface area contributed by atoms with Gasteiger partial charge in [0.1, 0.15) is 0 Å². The molecule has 98 valence electrons. The molecule has 0 N–H and O–H groups in total. The third kappa shape index (κ3) is 1.38. The molecule has 4 nitrogen and oxygen atoms in total. The standard InChI is InChI=1S/C15H15NO3/c1-8-2-4-9(5-3-8)16-14(17)12-10-6-7-11(19-10)13(12)15(16)18/h2-5,10-13H,6-7H2,1H3/t10-,11-,12-,13-/m1/s1. The number of nitrogens with zero attached hydrogens (tertiary/aromatic N) is 1. The molecule has 0 aliphatic carbocycles. The highest BCUT2D eigenvalue weighted by Crippen LogP contribution is 2.49. The largest absolute Gasteiger partial charge is 0.373 e. The van der Waals surface area contributed by atoms with E-state index in [4.69, 9.17) is 4.74 Å². The van der Waals surface area contributed by atoms with E-state index in [0.29, 0.717) is 5.69 Å². The summed E-state index contributed by atoms with van der Waals surface area (Å²) in [6.45, 7) is 1.99. The van der Waals surface area contributed by atoms with Crippen LogP contribution >= 0.6 is 0 Å². The summed E-state index contributed by atoms with van der Waals surface area (Å²) in [6, 6.07) is 7.54. The van der Waals surface area contributed by atoms with Gasteiger partial charge in [0.15, 0.2) is 0 Å². The van der Waals surface area contributed by atoms with Crippen LogP contribution in [0.15, 0.2) is 24.3 Å². The molecule has 1 aromatic rings. The second-order valence-electron chi connectivity index (χ2n) is 5.69. The molecule has 0 unspecified atom stereocenters. The van der Waals surface area contributed by atoms with Gasteiger partial charge >= 0.3 is 0 Å². The van der Waals surface area contributed by atoms with Crippen molar-refractivity contribution in [3.63, 3.8) is 0 Å². The van der Waals surface area contributed by atoms with Crippen LogP contribution in [0.5, 0.6) is 0 Å². The summed E-state index contributed by atoms with van der Waals surface area (Å²) in [5, 5.41) is 0. The normalized spacial score (nSPS) is 36.2. The summed E-state index contributed by atoms with van der Waals surface area (Å²) in [4.78, 5) is 26.4. The molecular weight excluding hydrogens is 242 g/mol. The Labute approximate surface area is 111 Å². The van der Waals surface area contributed by atoms with E-state index in [-0.39, 0.29) is 35.9 Å². The fourth-order valence-electron chi connectivity index (χ4n) is 3.66. The van der Waals surface area contributed by atoms with E-state index in [0.717, 1.165) is 18.4 Å². The van der Waals surface area contributed by atoms with Crippen LogP contribution < -0.4 is 4.90 Å². The van der Waals surface area contributed by atoms with Gasteiger partial charge in [0.25, 0.3) is 0 Å². The number of anilines is 1. The van der Waals surface area contributed by atoms with Crippen molar-refractivity contribution in [2.75, 3.05) is 4.90 Å². The first-order valence-corrected chi connectivity index (χ1v) is 6.77. The number of aryl methyl sites for hydroxylation is 1. The minimum atomic E-state index is -0.243. The van der Waals surface area contributed by atoms with Crippen molar-refractivity contribution in [3.05, 3.63) is 29.8 Å². The average molecular weight is 257 g/mol. The summed E-state index contributed by atoms with van der Waals surface area (Å²) >= 11 is 0. The first-order chi connectivity index (χ1) is 9.16. The van der Waals surface area contributed by atoms with Crippen LogP contribution in [-0.2, 0) is 14.3 Å². The number of hydrogen-bond donors (Lipinski definition) is 0. The van der Waals surface area contributed by atoms with Gasteiger partial charge in [-0.3, -0.25) is 9.59 Å². The summed E-state index contributed by atoms with van der Waals surface area (Å²) in [7, 11) is 0. The van der Waals surface area contributed by atoms with Crippen molar-refractivity contribution in [1.29, 1.82) is 0 Å². The molecule has 4 heteroatoms. The van der Waals surface area contributed by atoms with Crippen molar-refractivity contribution < 1.29 is 14.3 Å². The molecule has 3 heterocycles. The maximum atomic E-state index is 12.5. The zero-order valence-corrected chi connectivity index (χ0v) is 10.7. The van der Waals surface area contributed by atoms with Crippen LogP contribution in [0.3, 0.4) is 0 Å². The lowest BCUT2D eigenvalue weighted by atomic mass is 9.81. The highest BCUT2D eigenvalue weighted by molar-refractivity contribution is 6.22. The Balaban J connectivity index is 1.73. The van der Waals surface area contributed by atoms with Crippen molar-refractivity contribution in [1.82, 2.24) is 0 Å². The summed E-state index contributed by atoms with van der Waals surface area (Å²) in [5.41, 5.74) is 1.81. The van der Waals surface area contributed by atoms with Crippen LogP contribution in [0.1, 0.15) is 18.4 Å². The Morgan fingerprint density at radius 3 is 2.05 bits per heavy atom. The minimum Gasteiger partial charge on any atom is -0.373 e. The predicted molar refractivity (Wildman–Crippen MR) is 68.5 cm³/mol. The molecule has 2 bridgehead atoms. The molecule has 3 saturated heterocycles. The number of amides is 2. The number of rotatable bonds is 1. The van der Waals surface area contributed by atoms with Crippen LogP contribution in [0.25, 0.3) is 0 Å². The van der Waals surface area contributed by atoms with Gasteiger partial charge in [-0.05, 0) is 31.9 Å². The summed E-state index contributed by atoms with van der Waals surface area (Å²) in [5.74, 6) is -0.641. The zero-order chi connectivity index (χ0) is 13.1. The Kier molecular flexibility index (Phi) is 2.16. The molecule has 0 saturated carbocycles. The topological polar surface area (TPSA) is 46.6 Å². The lowest BCUT2D eigenvalue weighted by Crippen LogP contribution is -2.34. The first-order valence-electron chi connectivity index (χ1n) is 6.77. The van der Waals surface area contributed by atoms with Crippen LogP contribution in [-0.4, -0.2) is 24.0 Å². The van der Waals surface area contributed by atoms with E-state index >= 15 is 0 Å². The molecule has 0 spiro atoms. The fourth-order valence-corrected chi connectivity index (χ4v) is 3.66. The lowest BCUT2D eigenvalue weighted by Gasteiger charge is -2.17. The van der Waals surface area contributed by atoms with Crippen LogP contribution in [0.2, 0.25) is 0 Å². The Morgan fingerprint density at radius 1 is 1.00 bits per heavy atom. The van der Waals surface area contributed by atoms with Gasteiger partial charge in [0, 0.05) is 0 Å². The maximum Gasteiger partial charge on any atom is 0.240 e. The number of hydrogen-bond acceptors (Lipinski definition) is 3. The average Bonchev–Trinajstić information content (AvgIpc) is 3.06. The van der Waals surface area contributed by atoms with E-state index < -0.39 is 0 Å². The van der Waals surface area contributed by atoms with Gasteiger partial charge in [-0.25, -0.2) is 4.90 Å². The van der Waals surface area contributed by atoms with Gasteiger partial charge in [-0.1, -0.05) is 17.7 Å². The quantitative estimate of drug-likeness (QED) is 0.719. The number of imide groups is 1. The molecule has 0 radical (unpaired) electrons. The molecule has 3 aliphatic rings. The van der Waals surface area contributed by atoms with Gasteiger partial charge < -0.3 is 4.74 Å². The number of ether oxygens (including phenoxy) is 1. The second-order valence-corrected chi connectivity index (χ2v) is 5.69. The van der Waals surface area contributed by atoms with E-state index in [1.54, 1.807) is 0 Å². The summed E-state index contributed by atoms with van der Waals surface area (Å²) < 4.78 is 5.72. The number of fused-ring (bicyclic) bond motifs is 5. The van der Waals surface area contributed by atoms with E-state index in [2.05, 4.69) is 0 Å². The highest BCUT2D eigenvalue weighted by atomic mass is 16.5. The van der Waals surface area contributed by atoms with Gasteiger partial charge in [0.2, 0.25) is 11.8 Å². The second kappa shape index (κ2) is 3.67. The smallest absolute Gasteiger partial charge is 0.240 e. The lowest BCUT2D eigenvalue weighted by molar-refractivity contribution is -0.124. The molecule has 3 aliphatic heterocycles. The maximum absolute atomic E-state index is 12.5. The fraction of sp³-hybridized carbons (Fsp3) is 0.467. The molecule has 0 aromatic heterocycles. The van der Waals surface area contributed by atoms with E-state index in [1.807, 2.05) is 31.2 Å². The molecule has 3 fully saturated rings. The van der Waals surface area contributed by atoms with Crippen molar-refractivity contribution >= 4 is 17.5 Å². The highest BCUT2D eigenvalue weighted by Gasteiger charge is 2.62. The van der Waals surface area contributed by atoms with Gasteiger partial charge in [0.05, 0.1) is 29.7 Å².